The molecular weight excluding hydrogens is 324 g/mol. The zero-order valence-corrected chi connectivity index (χ0v) is 15.5. The molecule has 6 heteroatoms. The van der Waals surface area contributed by atoms with Crippen LogP contribution in [-0.4, -0.2) is 22.4 Å². The van der Waals surface area contributed by atoms with Crippen LogP contribution >= 0.6 is 11.6 Å². The minimum atomic E-state index is -0.205. The van der Waals surface area contributed by atoms with Gasteiger partial charge in [-0.3, -0.25) is 4.79 Å². The molecule has 0 bridgehead atoms. The Morgan fingerprint density at radius 1 is 1.17 bits per heavy atom. The van der Waals surface area contributed by atoms with Crippen molar-refractivity contribution < 1.29 is 4.79 Å². The summed E-state index contributed by atoms with van der Waals surface area (Å²) < 4.78 is 0. The van der Waals surface area contributed by atoms with Gasteiger partial charge in [-0.25, -0.2) is 9.97 Å². The van der Waals surface area contributed by atoms with Crippen molar-refractivity contribution >= 4 is 29.1 Å². The minimum Gasteiger partial charge on any atom is -0.350 e. The SMILES string of the molecule is Cc1cc(C)c(Nc2nc(C)cc(C(=O)NCC(C)C)n2)c(Cl)c1. The molecule has 0 fully saturated rings. The highest BCUT2D eigenvalue weighted by Gasteiger charge is 2.13. The first-order chi connectivity index (χ1) is 11.3. The number of nitrogens with one attached hydrogen (secondary N) is 2. The number of hydrogen-bond acceptors (Lipinski definition) is 4. The van der Waals surface area contributed by atoms with E-state index in [-0.39, 0.29) is 5.91 Å². The van der Waals surface area contributed by atoms with Gasteiger partial charge < -0.3 is 10.6 Å². The quantitative estimate of drug-likeness (QED) is 0.852. The van der Waals surface area contributed by atoms with Crippen LogP contribution in [0, 0.1) is 26.7 Å². The van der Waals surface area contributed by atoms with Gasteiger partial charge in [0, 0.05) is 12.2 Å². The number of aromatic nitrogens is 2. The highest BCUT2D eigenvalue weighted by molar-refractivity contribution is 6.33. The molecule has 0 aliphatic heterocycles. The lowest BCUT2D eigenvalue weighted by molar-refractivity contribution is 0.0944. The molecule has 2 N–H and O–H groups in total. The van der Waals surface area contributed by atoms with Crippen LogP contribution in [0.25, 0.3) is 0 Å². The molecule has 0 saturated carbocycles. The smallest absolute Gasteiger partial charge is 0.270 e. The summed E-state index contributed by atoms with van der Waals surface area (Å²) in [5.41, 5.74) is 3.88. The van der Waals surface area contributed by atoms with Gasteiger partial charge in [0.1, 0.15) is 5.69 Å². The number of anilines is 2. The molecule has 1 aromatic heterocycles. The van der Waals surface area contributed by atoms with E-state index < -0.39 is 0 Å². The molecule has 0 saturated heterocycles. The predicted octanol–water partition coefficient (Wildman–Crippen LogP) is 4.18. The van der Waals surface area contributed by atoms with Crippen molar-refractivity contribution in [3.05, 3.63) is 45.7 Å². The van der Waals surface area contributed by atoms with E-state index in [9.17, 15) is 4.79 Å². The third-order valence-electron chi connectivity index (χ3n) is 3.43. The zero-order valence-electron chi connectivity index (χ0n) is 14.7. The van der Waals surface area contributed by atoms with Crippen LogP contribution < -0.4 is 10.6 Å². The number of rotatable bonds is 5. The standard InChI is InChI=1S/C18H23ClN4O/c1-10(2)9-20-17(24)15-8-13(5)21-18(22-15)23-16-12(4)6-11(3)7-14(16)19/h6-8,10H,9H2,1-5H3,(H,20,24)(H,21,22,23). The van der Waals surface area contributed by atoms with Crippen LogP contribution in [0.1, 0.15) is 41.2 Å². The van der Waals surface area contributed by atoms with E-state index in [1.165, 1.54) is 0 Å². The van der Waals surface area contributed by atoms with Crippen LogP contribution in [0.4, 0.5) is 11.6 Å². The Kier molecular flexibility index (Phi) is 5.78. The maximum Gasteiger partial charge on any atom is 0.270 e. The second-order valence-corrected chi connectivity index (χ2v) is 6.79. The van der Waals surface area contributed by atoms with E-state index in [1.807, 2.05) is 46.8 Å². The molecule has 0 radical (unpaired) electrons. The van der Waals surface area contributed by atoms with Crippen molar-refractivity contribution in [2.75, 3.05) is 11.9 Å². The molecule has 24 heavy (non-hydrogen) atoms. The molecule has 1 amide bonds. The minimum absolute atomic E-state index is 0.205. The van der Waals surface area contributed by atoms with E-state index in [0.717, 1.165) is 16.8 Å². The first-order valence-corrected chi connectivity index (χ1v) is 8.31. The van der Waals surface area contributed by atoms with Crippen LogP contribution in [0.15, 0.2) is 18.2 Å². The summed E-state index contributed by atoms with van der Waals surface area (Å²) in [6.07, 6.45) is 0. The van der Waals surface area contributed by atoms with Crippen molar-refractivity contribution in [1.29, 1.82) is 0 Å². The summed E-state index contributed by atoms with van der Waals surface area (Å²) in [7, 11) is 0. The Morgan fingerprint density at radius 2 is 1.88 bits per heavy atom. The Balaban J connectivity index is 2.27. The number of benzene rings is 1. The highest BCUT2D eigenvalue weighted by atomic mass is 35.5. The number of carbonyl (C=O) groups is 1. The maximum absolute atomic E-state index is 12.2. The van der Waals surface area contributed by atoms with Gasteiger partial charge in [-0.2, -0.15) is 0 Å². The third kappa shape index (κ3) is 4.68. The van der Waals surface area contributed by atoms with Crippen molar-refractivity contribution in [3.63, 3.8) is 0 Å². The molecule has 0 atom stereocenters. The van der Waals surface area contributed by atoms with Gasteiger partial charge in [0.15, 0.2) is 0 Å². The summed E-state index contributed by atoms with van der Waals surface area (Å²) in [5.74, 6) is 0.533. The average molecular weight is 347 g/mol. The second kappa shape index (κ2) is 7.62. The molecule has 0 aliphatic carbocycles. The number of hydrogen-bond donors (Lipinski definition) is 2. The Hall–Kier alpha value is -2.14. The molecule has 1 heterocycles. The lowest BCUT2D eigenvalue weighted by Gasteiger charge is -2.13. The second-order valence-electron chi connectivity index (χ2n) is 6.39. The fourth-order valence-electron chi connectivity index (χ4n) is 2.31. The van der Waals surface area contributed by atoms with Gasteiger partial charge in [0.05, 0.1) is 10.7 Å². The van der Waals surface area contributed by atoms with Gasteiger partial charge in [0.2, 0.25) is 5.95 Å². The van der Waals surface area contributed by atoms with Crippen LogP contribution in [0.5, 0.6) is 0 Å². The van der Waals surface area contributed by atoms with E-state index >= 15 is 0 Å². The topological polar surface area (TPSA) is 66.9 Å². The molecule has 0 aliphatic rings. The van der Waals surface area contributed by atoms with Crippen LogP contribution in [-0.2, 0) is 0 Å². The van der Waals surface area contributed by atoms with Gasteiger partial charge in [-0.1, -0.05) is 31.5 Å². The van der Waals surface area contributed by atoms with Crippen LogP contribution in [0.2, 0.25) is 5.02 Å². The monoisotopic (exact) mass is 346 g/mol. The Bertz CT molecular complexity index is 736. The molecule has 2 rings (SSSR count). The summed E-state index contributed by atoms with van der Waals surface area (Å²) in [5, 5.41) is 6.60. The largest absolute Gasteiger partial charge is 0.350 e. The summed E-state index contributed by atoms with van der Waals surface area (Å²) in [4.78, 5) is 20.9. The van der Waals surface area contributed by atoms with Crippen molar-refractivity contribution in [3.8, 4) is 0 Å². The number of aryl methyl sites for hydroxylation is 3. The number of carbonyl (C=O) groups excluding carboxylic acids is 1. The first kappa shape index (κ1) is 18.2. The van der Waals surface area contributed by atoms with Crippen molar-refractivity contribution in [2.45, 2.75) is 34.6 Å². The van der Waals surface area contributed by atoms with E-state index in [2.05, 4.69) is 20.6 Å². The third-order valence-corrected chi connectivity index (χ3v) is 3.72. The normalized spacial score (nSPS) is 10.8. The fraction of sp³-hybridized carbons (Fsp3) is 0.389. The van der Waals surface area contributed by atoms with Crippen LogP contribution in [0.3, 0.4) is 0 Å². The van der Waals surface area contributed by atoms with E-state index in [4.69, 9.17) is 11.6 Å². The fourth-order valence-corrected chi connectivity index (χ4v) is 2.68. The van der Waals surface area contributed by atoms with Crippen molar-refractivity contribution in [1.82, 2.24) is 15.3 Å². The summed E-state index contributed by atoms with van der Waals surface area (Å²) >= 11 is 6.31. The molecule has 5 nitrogen and oxygen atoms in total. The maximum atomic E-state index is 12.2. The van der Waals surface area contributed by atoms with Gasteiger partial charge in [-0.05, 0) is 49.9 Å². The predicted molar refractivity (Wildman–Crippen MR) is 98.1 cm³/mol. The zero-order chi connectivity index (χ0) is 17.9. The lowest BCUT2D eigenvalue weighted by atomic mass is 10.1. The van der Waals surface area contributed by atoms with Gasteiger partial charge in [-0.15, -0.1) is 0 Å². The molecule has 1 aromatic carbocycles. The summed E-state index contributed by atoms with van der Waals surface area (Å²) in [6.45, 7) is 10.5. The lowest BCUT2D eigenvalue weighted by Crippen LogP contribution is -2.28. The number of halogens is 1. The summed E-state index contributed by atoms with van der Waals surface area (Å²) in [6, 6.07) is 5.58. The van der Waals surface area contributed by atoms with E-state index in [1.54, 1.807) is 6.07 Å². The molecular formula is C18H23ClN4O. The molecule has 0 unspecified atom stereocenters. The molecule has 2 aromatic rings. The van der Waals surface area contributed by atoms with Crippen molar-refractivity contribution in [2.24, 2.45) is 5.92 Å². The van der Waals surface area contributed by atoms with E-state index in [0.29, 0.717) is 34.8 Å². The Labute approximate surface area is 147 Å². The average Bonchev–Trinajstić information content (AvgIpc) is 2.47. The Morgan fingerprint density at radius 3 is 2.50 bits per heavy atom. The highest BCUT2D eigenvalue weighted by Crippen LogP contribution is 2.29. The number of amides is 1. The van der Waals surface area contributed by atoms with Gasteiger partial charge in [0.25, 0.3) is 5.91 Å². The first-order valence-electron chi connectivity index (χ1n) is 7.94. The number of nitrogens with zero attached hydrogens (tertiary/aromatic N) is 2. The van der Waals surface area contributed by atoms with Gasteiger partial charge >= 0.3 is 0 Å². The molecule has 0 spiro atoms. The molecule has 128 valence electrons.